The van der Waals surface area contributed by atoms with E-state index >= 15 is 0 Å². The normalized spacial score (nSPS) is 17.8. The fourth-order valence-electron chi connectivity index (χ4n) is 4.29. The summed E-state index contributed by atoms with van der Waals surface area (Å²) in [4.78, 5) is 15.0. The molecule has 0 aliphatic carbocycles. The summed E-state index contributed by atoms with van der Waals surface area (Å²) in [6, 6.07) is 12.0. The topological polar surface area (TPSA) is 68.2 Å². The number of hydrogen-bond acceptors (Lipinski definition) is 5. The third kappa shape index (κ3) is 3.50. The Labute approximate surface area is 173 Å². The molecular weight excluding hydrogens is 384 g/mol. The van der Waals surface area contributed by atoms with Gasteiger partial charge in [-0.3, -0.25) is 4.79 Å². The number of piperidine rings is 1. The van der Waals surface area contributed by atoms with Crippen LogP contribution in [0.5, 0.6) is 0 Å². The Morgan fingerprint density at radius 2 is 2.14 bits per heavy atom. The lowest BCUT2D eigenvalue weighted by atomic mass is 9.86. The number of amides is 1. The lowest BCUT2D eigenvalue weighted by molar-refractivity contribution is -0.0771. The summed E-state index contributed by atoms with van der Waals surface area (Å²) >= 11 is 1.60. The van der Waals surface area contributed by atoms with Gasteiger partial charge in [0.15, 0.2) is 0 Å². The molecule has 1 spiro atoms. The van der Waals surface area contributed by atoms with Crippen LogP contribution >= 0.6 is 11.3 Å². The average molecular weight is 409 g/mol. The highest BCUT2D eigenvalue weighted by molar-refractivity contribution is 7.14. The summed E-state index contributed by atoms with van der Waals surface area (Å²) < 4.78 is 8.06. The lowest BCUT2D eigenvalue weighted by Gasteiger charge is -2.40. The number of ether oxygens (including phenoxy) is 1. The smallest absolute Gasteiger partial charge is 0.261 e. The van der Waals surface area contributed by atoms with Crippen LogP contribution in [0.2, 0.25) is 0 Å². The van der Waals surface area contributed by atoms with Gasteiger partial charge in [-0.25, -0.2) is 4.68 Å². The van der Waals surface area contributed by atoms with E-state index in [2.05, 4.69) is 21.8 Å². The van der Waals surface area contributed by atoms with Crippen molar-refractivity contribution in [3.05, 3.63) is 69.7 Å². The average Bonchev–Trinajstić information content (AvgIpc) is 3.44. The van der Waals surface area contributed by atoms with E-state index in [9.17, 15) is 4.79 Å². The van der Waals surface area contributed by atoms with Crippen LogP contribution in [0.25, 0.3) is 5.69 Å². The highest BCUT2D eigenvalue weighted by Crippen LogP contribution is 2.44. The molecule has 4 heterocycles. The number of aromatic nitrogens is 2. The number of benzene rings is 1. The Kier molecular flexibility index (Phi) is 4.95. The van der Waals surface area contributed by atoms with Gasteiger partial charge >= 0.3 is 0 Å². The maximum Gasteiger partial charge on any atom is 0.261 e. The summed E-state index contributed by atoms with van der Waals surface area (Å²) in [5, 5.41) is 10.8. The second kappa shape index (κ2) is 7.74. The first-order valence-electron chi connectivity index (χ1n) is 10.1. The SMILES string of the molecule is O=C(NCc1ccccc1-n1cccn1)c1cc2c(s1)C1(CCNCC1)OCC2. The monoisotopic (exact) mass is 408 g/mol. The molecule has 0 atom stereocenters. The van der Waals surface area contributed by atoms with Gasteiger partial charge in [0.05, 0.1) is 17.2 Å². The molecule has 2 N–H and O–H groups in total. The summed E-state index contributed by atoms with van der Waals surface area (Å²) in [5.41, 5.74) is 3.09. The van der Waals surface area contributed by atoms with Crippen LogP contribution in [0.3, 0.4) is 0 Å². The minimum atomic E-state index is -0.200. The number of nitrogens with zero attached hydrogens (tertiary/aromatic N) is 2. The van der Waals surface area contributed by atoms with E-state index in [0.717, 1.165) is 55.1 Å². The minimum Gasteiger partial charge on any atom is -0.369 e. The fourth-order valence-corrected chi connectivity index (χ4v) is 5.62. The second-order valence-electron chi connectivity index (χ2n) is 7.57. The first-order valence-corrected chi connectivity index (χ1v) is 10.9. The van der Waals surface area contributed by atoms with Crippen LogP contribution in [-0.2, 0) is 23.3 Å². The maximum atomic E-state index is 12.9. The van der Waals surface area contributed by atoms with E-state index in [1.54, 1.807) is 17.5 Å². The third-order valence-electron chi connectivity index (χ3n) is 5.79. The largest absolute Gasteiger partial charge is 0.369 e. The molecule has 1 amide bonds. The van der Waals surface area contributed by atoms with Crippen molar-refractivity contribution in [2.75, 3.05) is 19.7 Å². The van der Waals surface area contributed by atoms with Gasteiger partial charge in [0.2, 0.25) is 0 Å². The van der Waals surface area contributed by atoms with Crippen LogP contribution in [0.4, 0.5) is 0 Å². The molecule has 7 heteroatoms. The number of rotatable bonds is 4. The highest BCUT2D eigenvalue weighted by Gasteiger charge is 2.41. The fraction of sp³-hybridized carbons (Fsp3) is 0.364. The number of nitrogens with one attached hydrogen (secondary N) is 2. The zero-order valence-electron chi connectivity index (χ0n) is 16.2. The van der Waals surface area contributed by atoms with Gasteiger partial charge in [0.25, 0.3) is 5.91 Å². The molecule has 29 heavy (non-hydrogen) atoms. The number of fused-ring (bicyclic) bond motifs is 2. The zero-order valence-corrected chi connectivity index (χ0v) is 17.0. The molecular formula is C22H24N4O2S. The summed E-state index contributed by atoms with van der Waals surface area (Å²) in [5.74, 6) is -0.0243. The van der Waals surface area contributed by atoms with E-state index < -0.39 is 0 Å². The predicted octanol–water partition coefficient (Wildman–Crippen LogP) is 3.02. The molecule has 2 aliphatic heterocycles. The second-order valence-corrected chi connectivity index (χ2v) is 8.62. The van der Waals surface area contributed by atoms with Gasteiger partial charge < -0.3 is 15.4 Å². The van der Waals surface area contributed by atoms with E-state index in [-0.39, 0.29) is 11.5 Å². The van der Waals surface area contributed by atoms with Crippen LogP contribution < -0.4 is 10.6 Å². The van der Waals surface area contributed by atoms with Crippen LogP contribution in [0, 0.1) is 0 Å². The first kappa shape index (κ1) is 18.5. The van der Waals surface area contributed by atoms with Crippen LogP contribution in [-0.4, -0.2) is 35.4 Å². The highest BCUT2D eigenvalue weighted by atomic mass is 32.1. The van der Waals surface area contributed by atoms with Crippen molar-refractivity contribution in [1.29, 1.82) is 0 Å². The number of para-hydroxylation sites is 1. The van der Waals surface area contributed by atoms with Gasteiger partial charge in [-0.2, -0.15) is 5.10 Å². The summed E-state index contributed by atoms with van der Waals surface area (Å²) in [6.07, 6.45) is 6.49. The van der Waals surface area contributed by atoms with E-state index in [0.29, 0.717) is 6.54 Å². The van der Waals surface area contributed by atoms with Gasteiger partial charge in [-0.1, -0.05) is 18.2 Å². The molecule has 1 saturated heterocycles. The minimum absolute atomic E-state index is 0.0243. The standard InChI is InChI=1S/C22H24N4O2S/c27-21(24-15-17-4-1-2-5-18(17)26-12-3-9-25-26)19-14-16-6-13-28-22(20(16)29-19)7-10-23-11-8-22/h1-5,9,12,14,23H,6-8,10-11,13,15H2,(H,24,27). The predicted molar refractivity (Wildman–Crippen MR) is 112 cm³/mol. The Bertz CT molecular complexity index is 1010. The number of thiophene rings is 1. The Morgan fingerprint density at radius 3 is 2.97 bits per heavy atom. The third-order valence-corrected chi connectivity index (χ3v) is 7.15. The number of hydrogen-bond donors (Lipinski definition) is 2. The molecule has 0 unspecified atom stereocenters. The van der Waals surface area contributed by atoms with Crippen molar-refractivity contribution in [3.63, 3.8) is 0 Å². The van der Waals surface area contributed by atoms with E-state index in [1.807, 2.05) is 41.2 Å². The Hall–Kier alpha value is -2.48. The molecule has 5 rings (SSSR count). The lowest BCUT2D eigenvalue weighted by Crippen LogP contribution is -2.43. The van der Waals surface area contributed by atoms with E-state index in [1.165, 1.54) is 10.4 Å². The Balaban J connectivity index is 1.34. The van der Waals surface area contributed by atoms with Gasteiger partial charge in [0, 0.05) is 23.8 Å². The molecule has 150 valence electrons. The van der Waals surface area contributed by atoms with Crippen LogP contribution in [0.1, 0.15) is 38.5 Å². The molecule has 1 aromatic carbocycles. The number of carbonyl (C=O) groups excluding carboxylic acids is 1. The quantitative estimate of drug-likeness (QED) is 0.696. The molecule has 6 nitrogen and oxygen atoms in total. The molecule has 0 bridgehead atoms. The summed E-state index contributed by atoms with van der Waals surface area (Å²) in [6.45, 7) is 3.12. The number of carbonyl (C=O) groups is 1. The van der Waals surface area contributed by atoms with Crippen molar-refractivity contribution in [3.8, 4) is 5.69 Å². The summed E-state index contributed by atoms with van der Waals surface area (Å²) in [7, 11) is 0. The van der Waals surface area contributed by atoms with Gasteiger partial charge in [-0.05, 0) is 61.7 Å². The van der Waals surface area contributed by atoms with Gasteiger partial charge in [-0.15, -0.1) is 11.3 Å². The molecule has 2 aliphatic rings. The molecule has 3 aromatic rings. The van der Waals surface area contributed by atoms with Crippen molar-refractivity contribution in [1.82, 2.24) is 20.4 Å². The molecule has 1 fully saturated rings. The zero-order chi connectivity index (χ0) is 19.7. The van der Waals surface area contributed by atoms with Crippen LogP contribution in [0.15, 0.2) is 48.8 Å². The van der Waals surface area contributed by atoms with Crippen molar-refractivity contribution < 1.29 is 9.53 Å². The molecule has 2 aromatic heterocycles. The van der Waals surface area contributed by atoms with Crippen molar-refractivity contribution >= 4 is 17.2 Å². The van der Waals surface area contributed by atoms with Gasteiger partial charge in [0.1, 0.15) is 5.60 Å². The Morgan fingerprint density at radius 1 is 1.28 bits per heavy atom. The molecule has 0 saturated carbocycles. The van der Waals surface area contributed by atoms with Crippen molar-refractivity contribution in [2.45, 2.75) is 31.4 Å². The van der Waals surface area contributed by atoms with Crippen molar-refractivity contribution in [2.24, 2.45) is 0 Å². The van der Waals surface area contributed by atoms with E-state index in [4.69, 9.17) is 4.74 Å². The molecule has 0 radical (unpaired) electrons. The first-order chi connectivity index (χ1) is 14.3. The maximum absolute atomic E-state index is 12.9.